The maximum absolute atomic E-state index is 13.0. The van der Waals surface area contributed by atoms with Crippen LogP contribution in [0.25, 0.3) is 0 Å². The Morgan fingerprint density at radius 1 is 1.50 bits per heavy atom. The van der Waals surface area contributed by atoms with E-state index in [4.69, 9.17) is 11.6 Å². The molecule has 0 aliphatic heterocycles. The van der Waals surface area contributed by atoms with Crippen molar-refractivity contribution in [2.75, 3.05) is 6.54 Å². The first kappa shape index (κ1) is 13.4. The fourth-order valence-electron chi connectivity index (χ4n) is 1.76. The van der Waals surface area contributed by atoms with Crippen LogP contribution in [0, 0.1) is 5.82 Å². The van der Waals surface area contributed by atoms with Gasteiger partial charge in [0, 0.05) is 5.02 Å². The molecule has 1 atom stereocenters. The second-order valence-electron chi connectivity index (χ2n) is 3.88. The maximum Gasteiger partial charge on any atom is 0.124 e. The number of nitrogens with zero attached hydrogens (tertiary/aromatic N) is 2. The zero-order chi connectivity index (χ0) is 13.0. The molecule has 0 aliphatic rings. The Balaban J connectivity index is 2.18. The first-order valence-electron chi connectivity index (χ1n) is 5.65. The number of benzene rings is 1. The van der Waals surface area contributed by atoms with Gasteiger partial charge in [-0.05, 0) is 30.7 Å². The zero-order valence-corrected chi connectivity index (χ0v) is 11.4. The number of rotatable bonds is 5. The van der Waals surface area contributed by atoms with E-state index in [1.54, 1.807) is 12.3 Å². The zero-order valence-electron chi connectivity index (χ0n) is 9.86. The van der Waals surface area contributed by atoms with Gasteiger partial charge in [-0.25, -0.2) is 4.39 Å². The highest BCUT2D eigenvalue weighted by Crippen LogP contribution is 2.23. The number of aromatic nitrogens is 2. The number of hydrogen-bond acceptors (Lipinski definition) is 4. The van der Waals surface area contributed by atoms with Gasteiger partial charge >= 0.3 is 0 Å². The van der Waals surface area contributed by atoms with Crippen molar-refractivity contribution in [3.8, 4) is 0 Å². The van der Waals surface area contributed by atoms with Crippen LogP contribution in [0.2, 0.25) is 5.02 Å². The molecule has 0 amide bonds. The van der Waals surface area contributed by atoms with Crippen LogP contribution in [0.15, 0.2) is 24.4 Å². The monoisotopic (exact) mass is 285 g/mol. The molecule has 1 aromatic heterocycles. The van der Waals surface area contributed by atoms with Gasteiger partial charge in [0.2, 0.25) is 0 Å². The summed E-state index contributed by atoms with van der Waals surface area (Å²) in [7, 11) is 0. The van der Waals surface area contributed by atoms with Crippen LogP contribution in [0.5, 0.6) is 0 Å². The normalized spacial score (nSPS) is 12.6. The first-order valence-corrected chi connectivity index (χ1v) is 6.76. The maximum atomic E-state index is 13.0. The van der Waals surface area contributed by atoms with Gasteiger partial charge in [0.15, 0.2) is 0 Å². The third-order valence-electron chi connectivity index (χ3n) is 2.63. The average molecular weight is 286 g/mol. The molecule has 2 aromatic rings. The highest BCUT2D eigenvalue weighted by molar-refractivity contribution is 6.99. The fourth-order valence-corrected chi connectivity index (χ4v) is 2.48. The highest BCUT2D eigenvalue weighted by Gasteiger charge is 2.15. The summed E-state index contributed by atoms with van der Waals surface area (Å²) in [5.74, 6) is -0.320. The second kappa shape index (κ2) is 6.22. The van der Waals surface area contributed by atoms with E-state index in [0.29, 0.717) is 11.4 Å². The van der Waals surface area contributed by atoms with Gasteiger partial charge in [0.25, 0.3) is 0 Å². The minimum Gasteiger partial charge on any atom is -0.309 e. The quantitative estimate of drug-likeness (QED) is 0.916. The predicted molar refractivity (Wildman–Crippen MR) is 71.4 cm³/mol. The minimum atomic E-state index is -0.320. The molecule has 96 valence electrons. The predicted octanol–water partition coefficient (Wildman–Crippen LogP) is 3.22. The summed E-state index contributed by atoms with van der Waals surface area (Å²) in [5.41, 5.74) is 1.79. The molecule has 0 fully saturated rings. The van der Waals surface area contributed by atoms with Crippen molar-refractivity contribution >= 4 is 23.3 Å². The van der Waals surface area contributed by atoms with E-state index in [2.05, 4.69) is 14.1 Å². The first-order chi connectivity index (χ1) is 8.70. The molecule has 1 N–H and O–H groups in total. The summed E-state index contributed by atoms with van der Waals surface area (Å²) in [6.45, 7) is 2.85. The Kier molecular flexibility index (Phi) is 4.63. The summed E-state index contributed by atoms with van der Waals surface area (Å²) in [6.07, 6.45) is 2.41. The van der Waals surface area contributed by atoms with E-state index >= 15 is 0 Å². The van der Waals surface area contributed by atoms with Crippen LogP contribution in [0.1, 0.15) is 24.2 Å². The van der Waals surface area contributed by atoms with Gasteiger partial charge in [0.05, 0.1) is 29.7 Å². The molecule has 0 radical (unpaired) electrons. The SMILES string of the molecule is CCNC(Cc1ccc(F)cc1Cl)c1cnsn1. The van der Waals surface area contributed by atoms with Gasteiger partial charge in [0.1, 0.15) is 5.82 Å². The summed E-state index contributed by atoms with van der Waals surface area (Å²) >= 11 is 7.21. The lowest BCUT2D eigenvalue weighted by Gasteiger charge is -2.16. The van der Waals surface area contributed by atoms with E-state index in [-0.39, 0.29) is 11.9 Å². The molecule has 2 rings (SSSR count). The third kappa shape index (κ3) is 3.25. The smallest absolute Gasteiger partial charge is 0.124 e. The molecule has 0 bridgehead atoms. The molecule has 18 heavy (non-hydrogen) atoms. The van der Waals surface area contributed by atoms with Crippen molar-refractivity contribution in [1.82, 2.24) is 14.1 Å². The summed E-state index contributed by atoms with van der Waals surface area (Å²) in [4.78, 5) is 0. The molecule has 0 spiro atoms. The van der Waals surface area contributed by atoms with E-state index in [1.165, 1.54) is 23.9 Å². The van der Waals surface area contributed by atoms with Crippen LogP contribution in [-0.2, 0) is 6.42 Å². The van der Waals surface area contributed by atoms with Gasteiger partial charge in [-0.15, -0.1) is 0 Å². The summed E-state index contributed by atoms with van der Waals surface area (Å²) in [6, 6.07) is 4.52. The van der Waals surface area contributed by atoms with Crippen LogP contribution < -0.4 is 5.32 Å². The Morgan fingerprint density at radius 2 is 2.33 bits per heavy atom. The Bertz CT molecular complexity index is 504. The molecule has 0 saturated heterocycles. The minimum absolute atomic E-state index is 0.0525. The molecule has 3 nitrogen and oxygen atoms in total. The van der Waals surface area contributed by atoms with Crippen molar-refractivity contribution in [2.45, 2.75) is 19.4 Å². The molecule has 1 heterocycles. The van der Waals surface area contributed by atoms with Crippen molar-refractivity contribution in [1.29, 1.82) is 0 Å². The number of hydrogen-bond donors (Lipinski definition) is 1. The lowest BCUT2D eigenvalue weighted by atomic mass is 10.0. The highest BCUT2D eigenvalue weighted by atomic mass is 35.5. The van der Waals surface area contributed by atoms with Crippen molar-refractivity contribution in [3.05, 3.63) is 46.5 Å². The fraction of sp³-hybridized carbons (Fsp3) is 0.333. The van der Waals surface area contributed by atoms with Gasteiger partial charge in [-0.3, -0.25) is 0 Å². The Hall–Kier alpha value is -1.04. The van der Waals surface area contributed by atoms with Crippen LogP contribution in [0.3, 0.4) is 0 Å². The average Bonchev–Trinajstić information content (AvgIpc) is 2.85. The lowest BCUT2D eigenvalue weighted by Crippen LogP contribution is -2.23. The van der Waals surface area contributed by atoms with Crippen LogP contribution in [0.4, 0.5) is 4.39 Å². The van der Waals surface area contributed by atoms with Crippen LogP contribution in [-0.4, -0.2) is 15.3 Å². The topological polar surface area (TPSA) is 37.8 Å². The molecule has 0 saturated carbocycles. The molecular weight excluding hydrogens is 273 g/mol. The van der Waals surface area contributed by atoms with Crippen molar-refractivity contribution in [2.24, 2.45) is 0 Å². The lowest BCUT2D eigenvalue weighted by molar-refractivity contribution is 0.539. The van der Waals surface area contributed by atoms with Gasteiger partial charge < -0.3 is 5.32 Å². The van der Waals surface area contributed by atoms with Gasteiger partial charge in [-0.1, -0.05) is 24.6 Å². The number of nitrogens with one attached hydrogen (secondary N) is 1. The third-order valence-corrected chi connectivity index (χ3v) is 3.47. The standard InChI is InChI=1S/C12H13ClFN3S/c1-2-15-11(12-7-16-18-17-12)5-8-3-4-9(14)6-10(8)13/h3-4,6-7,11,15H,2,5H2,1H3. The second-order valence-corrected chi connectivity index (χ2v) is 4.85. The van der Waals surface area contributed by atoms with E-state index in [1.807, 2.05) is 6.92 Å². The number of halogens is 2. The Morgan fingerprint density at radius 3 is 2.94 bits per heavy atom. The van der Waals surface area contributed by atoms with Crippen molar-refractivity contribution < 1.29 is 4.39 Å². The molecule has 1 aromatic carbocycles. The van der Waals surface area contributed by atoms with E-state index in [0.717, 1.165) is 17.8 Å². The van der Waals surface area contributed by atoms with Crippen LogP contribution >= 0.6 is 23.3 Å². The Labute approximate surface area is 114 Å². The number of likely N-dealkylation sites (N-methyl/N-ethyl adjacent to an activating group) is 1. The van der Waals surface area contributed by atoms with Gasteiger partial charge in [-0.2, -0.15) is 8.75 Å². The van der Waals surface area contributed by atoms with E-state index in [9.17, 15) is 4.39 Å². The van der Waals surface area contributed by atoms with Crippen molar-refractivity contribution in [3.63, 3.8) is 0 Å². The molecule has 6 heteroatoms. The molecule has 0 aliphatic carbocycles. The molecule has 1 unspecified atom stereocenters. The largest absolute Gasteiger partial charge is 0.309 e. The molecular formula is C12H13ClFN3S. The summed E-state index contributed by atoms with van der Waals surface area (Å²) in [5, 5.41) is 3.77. The van der Waals surface area contributed by atoms with E-state index < -0.39 is 0 Å². The summed E-state index contributed by atoms with van der Waals surface area (Å²) < 4.78 is 21.2.